The van der Waals surface area contributed by atoms with Gasteiger partial charge in [-0.25, -0.2) is 4.79 Å². The average Bonchev–Trinajstić information content (AvgIpc) is 2.88. The maximum Gasteiger partial charge on any atom is 0.358 e. The van der Waals surface area contributed by atoms with E-state index in [0.29, 0.717) is 13.1 Å². The maximum atomic E-state index is 10.7. The normalized spacial score (nSPS) is 12.3. The minimum Gasteiger partial charge on any atom is -0.476 e. The first kappa shape index (κ1) is 14.7. The Morgan fingerprint density at radius 3 is 2.75 bits per heavy atom. The molecule has 1 aromatic carbocycles. The Balaban J connectivity index is 1.82. The molecule has 0 aliphatic heterocycles. The van der Waals surface area contributed by atoms with Gasteiger partial charge in [0.1, 0.15) is 0 Å². The molecule has 0 saturated carbocycles. The Morgan fingerprint density at radius 1 is 1.45 bits per heavy atom. The van der Waals surface area contributed by atoms with Crippen LogP contribution in [0.15, 0.2) is 34.9 Å². The van der Waals surface area contributed by atoms with Crippen LogP contribution in [0.5, 0.6) is 0 Å². The second kappa shape index (κ2) is 6.62. The Labute approximate surface area is 124 Å². The van der Waals surface area contributed by atoms with Crippen LogP contribution in [0.25, 0.3) is 0 Å². The van der Waals surface area contributed by atoms with Gasteiger partial charge >= 0.3 is 5.97 Å². The summed E-state index contributed by atoms with van der Waals surface area (Å²) in [6.45, 7) is 3.33. The molecule has 0 aliphatic rings. The Hall–Kier alpha value is -1.73. The van der Waals surface area contributed by atoms with Crippen LogP contribution in [0.2, 0.25) is 0 Å². The molecule has 0 amide bonds. The summed E-state index contributed by atoms with van der Waals surface area (Å²) in [7, 11) is 0. The highest BCUT2D eigenvalue weighted by atomic mass is 79.9. The van der Waals surface area contributed by atoms with Crippen molar-refractivity contribution in [3.05, 3.63) is 46.2 Å². The number of hydrogen-bond donors (Lipinski definition) is 2. The van der Waals surface area contributed by atoms with E-state index >= 15 is 0 Å². The van der Waals surface area contributed by atoms with E-state index in [4.69, 9.17) is 5.11 Å². The Kier molecular flexibility index (Phi) is 4.86. The van der Waals surface area contributed by atoms with Crippen LogP contribution in [-0.2, 0) is 6.54 Å². The summed E-state index contributed by atoms with van der Waals surface area (Å²) in [6.07, 6.45) is 1.42. The minimum atomic E-state index is -1.06. The standard InChI is InChI=1S/C13H15BrN4O2/c1-9(10-2-4-11(14)5-3-10)15-6-7-18-8-12(13(19)20)16-17-18/h2-5,8-9,15H,6-7H2,1H3,(H,19,20). The van der Waals surface area contributed by atoms with Crippen molar-refractivity contribution in [1.29, 1.82) is 0 Å². The predicted molar refractivity (Wildman–Crippen MR) is 77.5 cm³/mol. The number of benzene rings is 1. The molecule has 1 unspecified atom stereocenters. The summed E-state index contributed by atoms with van der Waals surface area (Å²) in [5, 5.41) is 19.4. The first-order chi connectivity index (χ1) is 9.56. The third-order valence-electron chi connectivity index (χ3n) is 2.92. The van der Waals surface area contributed by atoms with E-state index in [-0.39, 0.29) is 11.7 Å². The zero-order valence-corrected chi connectivity index (χ0v) is 12.5. The lowest BCUT2D eigenvalue weighted by Crippen LogP contribution is -2.23. The number of aromatic carboxylic acids is 1. The average molecular weight is 339 g/mol. The van der Waals surface area contributed by atoms with Crippen LogP contribution in [0.4, 0.5) is 0 Å². The molecule has 2 N–H and O–H groups in total. The maximum absolute atomic E-state index is 10.7. The van der Waals surface area contributed by atoms with Crippen LogP contribution in [0.3, 0.4) is 0 Å². The van der Waals surface area contributed by atoms with E-state index < -0.39 is 5.97 Å². The van der Waals surface area contributed by atoms with Gasteiger partial charge in [0.05, 0.1) is 12.7 Å². The van der Waals surface area contributed by atoms with Crippen molar-refractivity contribution in [2.24, 2.45) is 0 Å². The van der Waals surface area contributed by atoms with E-state index in [1.807, 2.05) is 12.1 Å². The van der Waals surface area contributed by atoms with Crippen LogP contribution >= 0.6 is 15.9 Å². The summed E-state index contributed by atoms with van der Waals surface area (Å²) < 4.78 is 2.57. The van der Waals surface area contributed by atoms with Gasteiger partial charge in [-0.2, -0.15) is 0 Å². The molecule has 0 spiro atoms. The Morgan fingerprint density at radius 2 is 2.15 bits per heavy atom. The van der Waals surface area contributed by atoms with Gasteiger partial charge in [-0.05, 0) is 24.6 Å². The molecular weight excluding hydrogens is 324 g/mol. The van der Waals surface area contributed by atoms with E-state index in [1.54, 1.807) is 0 Å². The molecule has 6 nitrogen and oxygen atoms in total. The summed E-state index contributed by atoms with van der Waals surface area (Å²) in [6, 6.07) is 8.33. The van der Waals surface area contributed by atoms with E-state index in [1.165, 1.54) is 16.4 Å². The van der Waals surface area contributed by atoms with E-state index in [0.717, 1.165) is 4.47 Å². The fourth-order valence-electron chi connectivity index (χ4n) is 1.77. The van der Waals surface area contributed by atoms with E-state index in [9.17, 15) is 4.79 Å². The number of halogens is 1. The highest BCUT2D eigenvalue weighted by Crippen LogP contribution is 2.16. The van der Waals surface area contributed by atoms with Crippen LogP contribution in [0.1, 0.15) is 29.0 Å². The highest BCUT2D eigenvalue weighted by Gasteiger charge is 2.08. The first-order valence-corrected chi connectivity index (χ1v) is 6.98. The SMILES string of the molecule is CC(NCCn1cc(C(=O)O)nn1)c1ccc(Br)cc1. The van der Waals surface area contributed by atoms with Gasteiger partial charge in [0, 0.05) is 17.1 Å². The lowest BCUT2D eigenvalue weighted by atomic mass is 10.1. The molecular formula is C13H15BrN4O2. The number of rotatable bonds is 6. The molecule has 20 heavy (non-hydrogen) atoms. The van der Waals surface area contributed by atoms with Crippen molar-refractivity contribution in [3.8, 4) is 0 Å². The number of aromatic nitrogens is 3. The lowest BCUT2D eigenvalue weighted by molar-refractivity contribution is 0.0690. The number of nitrogens with zero attached hydrogens (tertiary/aromatic N) is 3. The summed E-state index contributed by atoms with van der Waals surface area (Å²) in [5.74, 6) is -1.06. The van der Waals surface area contributed by atoms with Crippen LogP contribution in [-0.4, -0.2) is 32.6 Å². The molecule has 2 rings (SSSR count). The molecule has 2 aromatic rings. The van der Waals surface area contributed by atoms with Crippen molar-refractivity contribution >= 4 is 21.9 Å². The fraction of sp³-hybridized carbons (Fsp3) is 0.308. The van der Waals surface area contributed by atoms with Gasteiger partial charge in [-0.1, -0.05) is 33.3 Å². The predicted octanol–water partition coefficient (Wildman–Crippen LogP) is 2.09. The summed E-state index contributed by atoms with van der Waals surface area (Å²) in [4.78, 5) is 10.7. The zero-order chi connectivity index (χ0) is 14.5. The van der Waals surface area contributed by atoms with Gasteiger partial charge < -0.3 is 10.4 Å². The second-order valence-electron chi connectivity index (χ2n) is 4.40. The molecule has 106 valence electrons. The third kappa shape index (κ3) is 3.88. The summed E-state index contributed by atoms with van der Waals surface area (Å²) in [5.41, 5.74) is 1.16. The monoisotopic (exact) mass is 338 g/mol. The van der Waals surface area contributed by atoms with Gasteiger partial charge in [-0.3, -0.25) is 4.68 Å². The molecule has 0 fully saturated rings. The van der Waals surface area contributed by atoms with Crippen molar-refractivity contribution in [3.63, 3.8) is 0 Å². The Bertz CT molecular complexity index is 582. The fourth-order valence-corrected chi connectivity index (χ4v) is 2.03. The molecule has 7 heteroatoms. The van der Waals surface area contributed by atoms with Crippen molar-refractivity contribution in [2.75, 3.05) is 6.54 Å². The molecule has 1 heterocycles. The van der Waals surface area contributed by atoms with Crippen molar-refractivity contribution in [2.45, 2.75) is 19.5 Å². The summed E-state index contributed by atoms with van der Waals surface area (Å²) >= 11 is 3.40. The van der Waals surface area contributed by atoms with Gasteiger partial charge in [0.15, 0.2) is 5.69 Å². The topological polar surface area (TPSA) is 80.0 Å². The molecule has 0 bridgehead atoms. The highest BCUT2D eigenvalue weighted by molar-refractivity contribution is 9.10. The number of carboxylic acids is 1. The number of carboxylic acid groups (broad SMARTS) is 1. The number of nitrogens with one attached hydrogen (secondary N) is 1. The number of carbonyl (C=O) groups is 1. The first-order valence-electron chi connectivity index (χ1n) is 6.18. The molecule has 1 aromatic heterocycles. The van der Waals surface area contributed by atoms with Gasteiger partial charge in [-0.15, -0.1) is 5.10 Å². The molecule has 0 aliphatic carbocycles. The largest absolute Gasteiger partial charge is 0.476 e. The molecule has 1 atom stereocenters. The molecule has 0 radical (unpaired) electrons. The second-order valence-corrected chi connectivity index (χ2v) is 5.32. The van der Waals surface area contributed by atoms with Gasteiger partial charge in [0.25, 0.3) is 0 Å². The van der Waals surface area contributed by atoms with Crippen LogP contribution < -0.4 is 5.32 Å². The number of hydrogen-bond acceptors (Lipinski definition) is 4. The van der Waals surface area contributed by atoms with Crippen molar-refractivity contribution < 1.29 is 9.90 Å². The minimum absolute atomic E-state index is 0.0361. The molecule has 0 saturated heterocycles. The zero-order valence-electron chi connectivity index (χ0n) is 11.0. The quantitative estimate of drug-likeness (QED) is 0.842. The van der Waals surface area contributed by atoms with Crippen molar-refractivity contribution in [1.82, 2.24) is 20.3 Å². The van der Waals surface area contributed by atoms with E-state index in [2.05, 4.69) is 50.6 Å². The lowest BCUT2D eigenvalue weighted by Gasteiger charge is -2.14. The van der Waals surface area contributed by atoms with Gasteiger partial charge in [0.2, 0.25) is 0 Å². The third-order valence-corrected chi connectivity index (χ3v) is 3.45. The van der Waals surface area contributed by atoms with Crippen LogP contribution in [0, 0.1) is 0 Å². The smallest absolute Gasteiger partial charge is 0.358 e.